The number of methoxy groups -OCH3 is 1. The molecular weight excluding hydrogens is 274 g/mol. The van der Waals surface area contributed by atoms with Gasteiger partial charge in [-0.25, -0.2) is 4.79 Å². The van der Waals surface area contributed by atoms with E-state index in [1.807, 2.05) is 36.4 Å². The minimum absolute atomic E-state index is 0.321. The number of unbranched alkanes of at least 4 members (excludes halogenated alkanes) is 2. The van der Waals surface area contributed by atoms with E-state index in [9.17, 15) is 4.79 Å². The molecule has 3 heteroatoms. The van der Waals surface area contributed by atoms with Gasteiger partial charge in [0.1, 0.15) is 0 Å². The van der Waals surface area contributed by atoms with Crippen LogP contribution in [0.5, 0.6) is 0 Å². The van der Waals surface area contributed by atoms with Crippen molar-refractivity contribution in [3.05, 3.63) is 59.2 Å². The Hall–Kier alpha value is -2.34. The highest BCUT2D eigenvalue weighted by atomic mass is 16.5. The van der Waals surface area contributed by atoms with E-state index in [1.54, 1.807) is 6.08 Å². The predicted octanol–water partition coefficient (Wildman–Crippen LogP) is 4.36. The SMILES string of the molecule is CCCCCC(/C=C/C#N)=C(/Cc1ccccc1)C(=O)OC. The van der Waals surface area contributed by atoms with Gasteiger partial charge in [0.25, 0.3) is 0 Å². The smallest absolute Gasteiger partial charge is 0.334 e. The van der Waals surface area contributed by atoms with E-state index in [1.165, 1.54) is 13.2 Å². The van der Waals surface area contributed by atoms with Gasteiger partial charge in [-0.05, 0) is 30.1 Å². The first-order chi connectivity index (χ1) is 10.7. The monoisotopic (exact) mass is 297 g/mol. The van der Waals surface area contributed by atoms with Crippen molar-refractivity contribution in [2.24, 2.45) is 0 Å². The van der Waals surface area contributed by atoms with Gasteiger partial charge in [-0.1, -0.05) is 50.1 Å². The third-order valence-electron chi connectivity index (χ3n) is 3.45. The van der Waals surface area contributed by atoms with Gasteiger partial charge >= 0.3 is 5.97 Å². The molecule has 3 nitrogen and oxygen atoms in total. The summed E-state index contributed by atoms with van der Waals surface area (Å²) in [7, 11) is 1.39. The number of nitrogens with zero attached hydrogens (tertiary/aromatic N) is 1. The van der Waals surface area contributed by atoms with E-state index in [2.05, 4.69) is 6.92 Å². The molecule has 0 aliphatic rings. The summed E-state index contributed by atoms with van der Waals surface area (Å²) in [5.74, 6) is -0.321. The number of carbonyl (C=O) groups excluding carboxylic acids is 1. The lowest BCUT2D eigenvalue weighted by Crippen LogP contribution is -2.10. The summed E-state index contributed by atoms with van der Waals surface area (Å²) in [5, 5.41) is 8.78. The first-order valence-electron chi connectivity index (χ1n) is 7.63. The van der Waals surface area contributed by atoms with Gasteiger partial charge in [0.2, 0.25) is 0 Å². The van der Waals surface area contributed by atoms with E-state index in [0.717, 1.165) is 36.8 Å². The summed E-state index contributed by atoms with van der Waals surface area (Å²) in [5.41, 5.74) is 2.59. The van der Waals surface area contributed by atoms with Gasteiger partial charge in [-0.15, -0.1) is 0 Å². The lowest BCUT2D eigenvalue weighted by atomic mass is 9.95. The lowest BCUT2D eigenvalue weighted by Gasteiger charge is -2.11. The Morgan fingerprint density at radius 1 is 1.27 bits per heavy atom. The van der Waals surface area contributed by atoms with Crippen LogP contribution in [0.2, 0.25) is 0 Å². The molecule has 0 heterocycles. The predicted molar refractivity (Wildman–Crippen MR) is 88.1 cm³/mol. The van der Waals surface area contributed by atoms with Crippen molar-refractivity contribution in [1.82, 2.24) is 0 Å². The molecule has 1 rings (SSSR count). The number of ether oxygens (including phenoxy) is 1. The van der Waals surface area contributed by atoms with Crippen LogP contribution in [0.25, 0.3) is 0 Å². The molecule has 1 aromatic carbocycles. The summed E-state index contributed by atoms with van der Waals surface area (Å²) in [6, 6.07) is 11.8. The molecular formula is C19H23NO2. The molecule has 0 saturated carbocycles. The van der Waals surface area contributed by atoms with Gasteiger partial charge in [-0.2, -0.15) is 5.26 Å². The molecule has 0 amide bonds. The van der Waals surface area contributed by atoms with Crippen LogP contribution >= 0.6 is 0 Å². The van der Waals surface area contributed by atoms with Crippen LogP contribution in [0.3, 0.4) is 0 Å². The average Bonchev–Trinajstić information content (AvgIpc) is 2.56. The molecule has 0 aromatic heterocycles. The second kappa shape index (κ2) is 10.4. The zero-order valence-corrected chi connectivity index (χ0v) is 13.3. The second-order valence-corrected chi connectivity index (χ2v) is 5.08. The summed E-state index contributed by atoms with van der Waals surface area (Å²) in [4.78, 5) is 12.2. The first-order valence-corrected chi connectivity index (χ1v) is 7.63. The van der Waals surface area contributed by atoms with Crippen LogP contribution in [-0.2, 0) is 16.0 Å². The van der Waals surface area contributed by atoms with Crippen molar-refractivity contribution in [2.75, 3.05) is 7.11 Å². The summed E-state index contributed by atoms with van der Waals surface area (Å²) < 4.78 is 4.94. The topological polar surface area (TPSA) is 50.1 Å². The molecule has 0 aliphatic carbocycles. The Balaban J connectivity index is 3.11. The van der Waals surface area contributed by atoms with Gasteiger partial charge in [0.15, 0.2) is 0 Å². The van der Waals surface area contributed by atoms with E-state index in [-0.39, 0.29) is 5.97 Å². The van der Waals surface area contributed by atoms with Crippen LogP contribution in [0.4, 0.5) is 0 Å². The zero-order chi connectivity index (χ0) is 16.2. The van der Waals surface area contributed by atoms with Crippen molar-refractivity contribution in [1.29, 1.82) is 5.26 Å². The highest BCUT2D eigenvalue weighted by molar-refractivity contribution is 5.90. The Morgan fingerprint density at radius 2 is 2.00 bits per heavy atom. The highest BCUT2D eigenvalue weighted by Crippen LogP contribution is 2.20. The number of rotatable bonds is 8. The molecule has 0 bridgehead atoms. The number of carbonyl (C=O) groups is 1. The summed E-state index contributed by atoms with van der Waals surface area (Å²) in [6.07, 6.45) is 7.68. The minimum atomic E-state index is -0.321. The molecule has 0 radical (unpaired) electrons. The number of hydrogen-bond acceptors (Lipinski definition) is 3. The van der Waals surface area contributed by atoms with Crippen LogP contribution < -0.4 is 0 Å². The van der Waals surface area contributed by atoms with E-state index < -0.39 is 0 Å². The van der Waals surface area contributed by atoms with E-state index in [0.29, 0.717) is 12.0 Å². The van der Waals surface area contributed by atoms with Crippen LogP contribution in [0, 0.1) is 11.3 Å². The zero-order valence-electron chi connectivity index (χ0n) is 13.3. The van der Waals surface area contributed by atoms with Gasteiger partial charge in [0, 0.05) is 18.1 Å². The maximum atomic E-state index is 12.2. The Morgan fingerprint density at radius 3 is 2.59 bits per heavy atom. The lowest BCUT2D eigenvalue weighted by molar-refractivity contribution is -0.136. The molecule has 0 fully saturated rings. The fourth-order valence-electron chi connectivity index (χ4n) is 2.28. The normalized spacial score (nSPS) is 11.9. The second-order valence-electron chi connectivity index (χ2n) is 5.08. The Bertz CT molecular complexity index is 565. The third-order valence-corrected chi connectivity index (χ3v) is 3.45. The van der Waals surface area contributed by atoms with E-state index in [4.69, 9.17) is 10.00 Å². The van der Waals surface area contributed by atoms with Gasteiger partial charge < -0.3 is 4.74 Å². The molecule has 22 heavy (non-hydrogen) atoms. The number of hydrogen-bond donors (Lipinski definition) is 0. The van der Waals surface area contributed by atoms with Crippen molar-refractivity contribution in [3.63, 3.8) is 0 Å². The Labute approximate surface area is 132 Å². The molecule has 0 atom stereocenters. The number of benzene rings is 1. The largest absolute Gasteiger partial charge is 0.466 e. The molecule has 0 unspecified atom stereocenters. The third kappa shape index (κ3) is 5.97. The van der Waals surface area contributed by atoms with Crippen molar-refractivity contribution in [2.45, 2.75) is 39.0 Å². The standard InChI is InChI=1S/C19H23NO2/c1-3-4-6-12-17(13-9-14-20)18(19(21)22-2)15-16-10-7-5-8-11-16/h5,7-11,13H,3-4,6,12,15H2,1-2H3/b13-9+,18-17+. The number of esters is 1. The Kier molecular flexibility index (Phi) is 8.37. The molecule has 0 aliphatic heterocycles. The quantitative estimate of drug-likeness (QED) is 0.235. The average molecular weight is 297 g/mol. The molecule has 0 spiro atoms. The minimum Gasteiger partial charge on any atom is -0.466 e. The molecule has 0 N–H and O–H groups in total. The maximum Gasteiger partial charge on any atom is 0.334 e. The van der Waals surface area contributed by atoms with Gasteiger partial charge in [0.05, 0.1) is 13.2 Å². The molecule has 1 aromatic rings. The van der Waals surface area contributed by atoms with Crippen LogP contribution in [-0.4, -0.2) is 13.1 Å². The fourth-order valence-corrected chi connectivity index (χ4v) is 2.28. The van der Waals surface area contributed by atoms with Crippen molar-refractivity contribution in [3.8, 4) is 6.07 Å². The van der Waals surface area contributed by atoms with E-state index >= 15 is 0 Å². The van der Waals surface area contributed by atoms with Gasteiger partial charge in [-0.3, -0.25) is 0 Å². The highest BCUT2D eigenvalue weighted by Gasteiger charge is 2.15. The maximum absolute atomic E-state index is 12.2. The molecule has 0 saturated heterocycles. The first kappa shape index (κ1) is 17.7. The summed E-state index contributed by atoms with van der Waals surface area (Å²) in [6.45, 7) is 2.14. The summed E-state index contributed by atoms with van der Waals surface area (Å²) >= 11 is 0. The van der Waals surface area contributed by atoms with Crippen LogP contribution in [0.1, 0.15) is 38.2 Å². The number of nitriles is 1. The van der Waals surface area contributed by atoms with Crippen molar-refractivity contribution < 1.29 is 9.53 Å². The number of allylic oxidation sites excluding steroid dienone is 3. The fraction of sp³-hybridized carbons (Fsp3) is 0.368. The van der Waals surface area contributed by atoms with Crippen LogP contribution in [0.15, 0.2) is 53.6 Å². The van der Waals surface area contributed by atoms with Crippen molar-refractivity contribution >= 4 is 5.97 Å². The molecule has 116 valence electrons.